The Labute approximate surface area is 143 Å². The van der Waals surface area contributed by atoms with Crippen LogP contribution in [0, 0.1) is 5.82 Å². The molecule has 0 spiro atoms. The van der Waals surface area contributed by atoms with Crippen LogP contribution in [0.1, 0.15) is 10.4 Å². The zero-order chi connectivity index (χ0) is 16.6. The van der Waals surface area contributed by atoms with Gasteiger partial charge in [0.25, 0.3) is 0 Å². The predicted octanol–water partition coefficient (Wildman–Crippen LogP) is 4.65. The molecule has 0 saturated carbocycles. The number of methoxy groups -OCH3 is 1. The Morgan fingerprint density at radius 2 is 2.26 bits per heavy atom. The molecule has 0 saturated heterocycles. The van der Waals surface area contributed by atoms with Gasteiger partial charge in [-0.2, -0.15) is 0 Å². The minimum Gasteiger partial charge on any atom is -0.465 e. The Morgan fingerprint density at radius 1 is 1.48 bits per heavy atom. The van der Waals surface area contributed by atoms with Gasteiger partial charge in [0.05, 0.1) is 40.9 Å². The first kappa shape index (κ1) is 15.8. The van der Waals surface area contributed by atoms with Gasteiger partial charge in [-0.15, -0.1) is 0 Å². The Morgan fingerprint density at radius 3 is 3.00 bits per heavy atom. The average molecular weight is 399 g/mol. The first-order chi connectivity index (χ1) is 11.0. The van der Waals surface area contributed by atoms with E-state index in [-0.39, 0.29) is 16.8 Å². The molecule has 5 nitrogen and oxygen atoms in total. The topological polar surface area (TPSA) is 67.0 Å². The number of benzene rings is 2. The number of aromatic amines is 1. The molecule has 2 aromatic carbocycles. The second-order valence-corrected chi connectivity index (χ2v) is 5.86. The van der Waals surface area contributed by atoms with Crippen molar-refractivity contribution in [1.29, 1.82) is 0 Å². The number of nitrogens with zero attached hydrogens (tertiary/aromatic N) is 1. The number of nitrogens with one attached hydrogen (secondary N) is 2. The van der Waals surface area contributed by atoms with Crippen molar-refractivity contribution in [3.05, 3.63) is 51.5 Å². The summed E-state index contributed by atoms with van der Waals surface area (Å²) in [4.78, 5) is 18.7. The van der Waals surface area contributed by atoms with E-state index in [0.29, 0.717) is 20.7 Å². The first-order valence-electron chi connectivity index (χ1n) is 6.48. The normalized spacial score (nSPS) is 10.8. The van der Waals surface area contributed by atoms with Gasteiger partial charge in [0.2, 0.25) is 0 Å². The van der Waals surface area contributed by atoms with Crippen molar-refractivity contribution < 1.29 is 13.9 Å². The zero-order valence-corrected chi connectivity index (χ0v) is 14.1. The maximum absolute atomic E-state index is 14.8. The van der Waals surface area contributed by atoms with Crippen LogP contribution in [0.2, 0.25) is 5.02 Å². The second kappa shape index (κ2) is 6.17. The van der Waals surface area contributed by atoms with Crippen molar-refractivity contribution in [2.45, 2.75) is 0 Å². The van der Waals surface area contributed by atoms with E-state index in [0.717, 1.165) is 0 Å². The molecule has 0 aliphatic carbocycles. The van der Waals surface area contributed by atoms with Gasteiger partial charge in [-0.25, -0.2) is 14.2 Å². The van der Waals surface area contributed by atoms with E-state index < -0.39 is 11.8 Å². The average Bonchev–Trinajstić information content (AvgIpc) is 3.02. The predicted molar refractivity (Wildman–Crippen MR) is 89.8 cm³/mol. The van der Waals surface area contributed by atoms with Crippen LogP contribution in [0.15, 0.2) is 35.1 Å². The number of esters is 1. The molecular weight excluding hydrogens is 389 g/mol. The van der Waals surface area contributed by atoms with Gasteiger partial charge in [-0.1, -0.05) is 17.7 Å². The molecule has 0 aliphatic heterocycles. The molecule has 23 heavy (non-hydrogen) atoms. The monoisotopic (exact) mass is 397 g/mol. The number of anilines is 2. The second-order valence-electron chi connectivity index (χ2n) is 4.63. The van der Waals surface area contributed by atoms with E-state index in [9.17, 15) is 9.18 Å². The number of imidazole rings is 1. The molecule has 0 unspecified atom stereocenters. The fraction of sp³-hybridized carbons (Fsp3) is 0.0667. The summed E-state index contributed by atoms with van der Waals surface area (Å²) in [5, 5.41) is 3.22. The first-order valence-corrected chi connectivity index (χ1v) is 7.65. The number of hydrogen-bond acceptors (Lipinski definition) is 4. The van der Waals surface area contributed by atoms with Crippen LogP contribution in [0.25, 0.3) is 11.0 Å². The molecule has 0 amide bonds. The fourth-order valence-electron chi connectivity index (χ4n) is 2.17. The van der Waals surface area contributed by atoms with Crippen LogP contribution in [0.3, 0.4) is 0 Å². The highest BCUT2D eigenvalue weighted by Gasteiger charge is 2.21. The molecule has 0 atom stereocenters. The summed E-state index contributed by atoms with van der Waals surface area (Å²) in [6, 6.07) is 6.64. The standard InChI is InChI=1S/C15H10BrClFN3O2/c1-23-15(22)7-5-10-14(20-6-19-10)12(18)13(7)21-9-4-2-3-8(16)11(9)17/h2-6,21H,1H3,(H,19,20). The van der Waals surface area contributed by atoms with Gasteiger partial charge in [0.15, 0.2) is 5.82 Å². The van der Waals surface area contributed by atoms with Gasteiger partial charge in [-0.3, -0.25) is 0 Å². The summed E-state index contributed by atoms with van der Waals surface area (Å²) < 4.78 is 20.1. The van der Waals surface area contributed by atoms with E-state index in [2.05, 4.69) is 31.2 Å². The molecule has 0 aliphatic rings. The quantitative estimate of drug-likeness (QED) is 0.630. The summed E-state index contributed by atoms with van der Waals surface area (Å²) in [5.41, 5.74) is 0.953. The van der Waals surface area contributed by atoms with Crippen molar-refractivity contribution in [3.63, 3.8) is 0 Å². The number of aromatic nitrogens is 2. The van der Waals surface area contributed by atoms with Crippen LogP contribution < -0.4 is 5.32 Å². The highest BCUT2D eigenvalue weighted by Crippen LogP contribution is 2.35. The molecular formula is C15H10BrClFN3O2. The smallest absolute Gasteiger partial charge is 0.340 e. The van der Waals surface area contributed by atoms with Crippen LogP contribution in [0.5, 0.6) is 0 Å². The van der Waals surface area contributed by atoms with Crippen molar-refractivity contribution in [3.8, 4) is 0 Å². The van der Waals surface area contributed by atoms with Crippen molar-refractivity contribution in [1.82, 2.24) is 9.97 Å². The lowest BCUT2D eigenvalue weighted by Crippen LogP contribution is -2.08. The number of halogens is 3. The maximum atomic E-state index is 14.8. The highest BCUT2D eigenvalue weighted by atomic mass is 79.9. The third-order valence-corrected chi connectivity index (χ3v) is 4.57. The third kappa shape index (κ3) is 2.77. The maximum Gasteiger partial charge on any atom is 0.340 e. The number of carbonyl (C=O) groups is 1. The Balaban J connectivity index is 2.20. The molecule has 0 bridgehead atoms. The van der Waals surface area contributed by atoms with E-state index in [1.54, 1.807) is 18.2 Å². The summed E-state index contributed by atoms with van der Waals surface area (Å²) in [5.74, 6) is -1.34. The minimum absolute atomic E-state index is 0.0396. The lowest BCUT2D eigenvalue weighted by Gasteiger charge is -2.14. The zero-order valence-electron chi connectivity index (χ0n) is 11.8. The Bertz CT molecular complexity index is 913. The third-order valence-electron chi connectivity index (χ3n) is 3.27. The molecule has 1 heterocycles. The molecule has 0 radical (unpaired) electrons. The van der Waals surface area contributed by atoms with Crippen LogP contribution in [0.4, 0.5) is 15.8 Å². The molecule has 1 aromatic heterocycles. The molecule has 118 valence electrons. The molecule has 8 heteroatoms. The summed E-state index contributed by atoms with van der Waals surface area (Å²) >= 11 is 9.49. The minimum atomic E-state index is -0.672. The van der Waals surface area contributed by atoms with E-state index in [1.807, 2.05) is 0 Å². The van der Waals surface area contributed by atoms with E-state index in [4.69, 9.17) is 16.3 Å². The van der Waals surface area contributed by atoms with Crippen LogP contribution >= 0.6 is 27.5 Å². The van der Waals surface area contributed by atoms with Crippen LogP contribution in [-0.2, 0) is 4.74 Å². The van der Waals surface area contributed by atoms with Gasteiger partial charge < -0.3 is 15.0 Å². The fourth-order valence-corrected chi connectivity index (χ4v) is 2.71. The van der Waals surface area contributed by atoms with Crippen LogP contribution in [-0.4, -0.2) is 23.0 Å². The number of ether oxygens (including phenoxy) is 1. The van der Waals surface area contributed by atoms with E-state index >= 15 is 0 Å². The van der Waals surface area contributed by atoms with Crippen molar-refractivity contribution >= 4 is 55.9 Å². The largest absolute Gasteiger partial charge is 0.465 e. The number of rotatable bonds is 3. The van der Waals surface area contributed by atoms with Gasteiger partial charge in [0.1, 0.15) is 5.52 Å². The van der Waals surface area contributed by atoms with Gasteiger partial charge in [-0.05, 0) is 34.1 Å². The molecule has 0 fully saturated rings. The lowest BCUT2D eigenvalue weighted by atomic mass is 10.1. The van der Waals surface area contributed by atoms with E-state index in [1.165, 1.54) is 19.5 Å². The Kier molecular flexibility index (Phi) is 4.23. The SMILES string of the molecule is COC(=O)c1cc2[nH]cnc2c(F)c1Nc1cccc(Br)c1Cl. The molecule has 3 rings (SSSR count). The molecule has 3 aromatic rings. The summed E-state index contributed by atoms with van der Waals surface area (Å²) in [6.07, 6.45) is 1.35. The lowest BCUT2D eigenvalue weighted by molar-refractivity contribution is 0.0601. The highest BCUT2D eigenvalue weighted by molar-refractivity contribution is 9.10. The number of fused-ring (bicyclic) bond motifs is 1. The van der Waals surface area contributed by atoms with Gasteiger partial charge >= 0.3 is 5.97 Å². The summed E-state index contributed by atoms with van der Waals surface area (Å²) in [6.45, 7) is 0. The number of carbonyl (C=O) groups excluding carboxylic acids is 1. The van der Waals surface area contributed by atoms with Crippen molar-refractivity contribution in [2.75, 3.05) is 12.4 Å². The number of hydrogen-bond donors (Lipinski definition) is 2. The summed E-state index contributed by atoms with van der Waals surface area (Å²) in [7, 11) is 1.23. The van der Waals surface area contributed by atoms with Crippen molar-refractivity contribution in [2.24, 2.45) is 0 Å². The Hall–Kier alpha value is -2.12. The number of H-pyrrole nitrogens is 1. The van der Waals surface area contributed by atoms with Gasteiger partial charge in [0, 0.05) is 4.47 Å². The molecule has 2 N–H and O–H groups in total.